The van der Waals surface area contributed by atoms with E-state index in [-0.39, 0.29) is 18.3 Å². The fourth-order valence-electron chi connectivity index (χ4n) is 1.55. The van der Waals surface area contributed by atoms with Gasteiger partial charge in [-0.05, 0) is 30.2 Å². The van der Waals surface area contributed by atoms with Crippen LogP contribution in [0.15, 0.2) is 22.7 Å². The van der Waals surface area contributed by atoms with E-state index in [0.717, 1.165) is 22.1 Å². The third kappa shape index (κ3) is 6.92. The van der Waals surface area contributed by atoms with Crippen LogP contribution in [-0.2, 0) is 16.0 Å². The molecule has 1 aromatic carbocycles. The van der Waals surface area contributed by atoms with E-state index in [1.165, 1.54) is 0 Å². The van der Waals surface area contributed by atoms with Crippen LogP contribution in [0.3, 0.4) is 0 Å². The molecule has 0 bridgehead atoms. The maximum Gasteiger partial charge on any atom is 0.238 e. The molecule has 1 aromatic rings. The molecule has 0 aliphatic rings. The molecule has 19 heavy (non-hydrogen) atoms. The van der Waals surface area contributed by atoms with E-state index in [2.05, 4.69) is 33.5 Å². The van der Waals surface area contributed by atoms with Gasteiger partial charge in [-0.15, -0.1) is 12.4 Å². The van der Waals surface area contributed by atoms with Crippen molar-refractivity contribution in [1.82, 2.24) is 5.32 Å². The Morgan fingerprint density at radius 3 is 2.79 bits per heavy atom. The Bertz CT molecular complexity index is 402. The second kappa shape index (κ2) is 10.2. The van der Waals surface area contributed by atoms with Crippen molar-refractivity contribution in [1.29, 1.82) is 0 Å². The Labute approximate surface area is 128 Å². The number of rotatable bonds is 7. The number of carbonyl (C=O) groups excluding carboxylic acids is 1. The van der Waals surface area contributed by atoms with Crippen molar-refractivity contribution in [2.75, 3.05) is 32.1 Å². The summed E-state index contributed by atoms with van der Waals surface area (Å²) in [4.78, 5) is 11.7. The zero-order valence-electron chi connectivity index (χ0n) is 11.2. The van der Waals surface area contributed by atoms with E-state index in [1.807, 2.05) is 18.2 Å². The van der Waals surface area contributed by atoms with Crippen LogP contribution in [0.25, 0.3) is 0 Å². The molecule has 0 aromatic heterocycles. The maximum absolute atomic E-state index is 11.7. The molecule has 108 valence electrons. The van der Waals surface area contributed by atoms with Crippen molar-refractivity contribution in [3.05, 3.63) is 28.2 Å². The average Bonchev–Trinajstić information content (AvgIpc) is 2.37. The average molecular weight is 352 g/mol. The highest BCUT2D eigenvalue weighted by Crippen LogP contribution is 2.21. The van der Waals surface area contributed by atoms with E-state index >= 15 is 0 Å². The number of hydrogen-bond acceptors (Lipinski definition) is 3. The third-order valence-corrected chi connectivity index (χ3v) is 2.98. The molecule has 0 atom stereocenters. The Morgan fingerprint density at radius 1 is 1.42 bits per heavy atom. The quantitative estimate of drug-likeness (QED) is 0.743. The summed E-state index contributed by atoms with van der Waals surface area (Å²) in [7, 11) is 1.64. The largest absolute Gasteiger partial charge is 0.383 e. The van der Waals surface area contributed by atoms with Crippen molar-refractivity contribution in [2.45, 2.75) is 13.3 Å². The molecule has 2 N–H and O–H groups in total. The molecule has 0 spiro atoms. The zero-order valence-corrected chi connectivity index (χ0v) is 13.6. The summed E-state index contributed by atoms with van der Waals surface area (Å²) in [5, 5.41) is 5.91. The second-order valence-electron chi connectivity index (χ2n) is 3.87. The first kappa shape index (κ1) is 18.4. The Kier molecular flexibility index (Phi) is 9.87. The lowest BCUT2D eigenvalue weighted by atomic mass is 10.1. The second-order valence-corrected chi connectivity index (χ2v) is 4.79. The van der Waals surface area contributed by atoms with Crippen LogP contribution < -0.4 is 10.6 Å². The highest BCUT2D eigenvalue weighted by molar-refractivity contribution is 9.10. The number of methoxy groups -OCH3 is 1. The number of anilines is 1. The van der Waals surface area contributed by atoms with Crippen LogP contribution >= 0.6 is 28.3 Å². The smallest absolute Gasteiger partial charge is 0.238 e. The van der Waals surface area contributed by atoms with Gasteiger partial charge in [-0.1, -0.05) is 22.9 Å². The summed E-state index contributed by atoms with van der Waals surface area (Å²) >= 11 is 3.42. The number of ether oxygens (including phenoxy) is 1. The molecule has 0 aliphatic carbocycles. The number of benzene rings is 1. The summed E-state index contributed by atoms with van der Waals surface area (Å²) in [6.45, 7) is 3.63. The molecule has 0 fully saturated rings. The first-order valence-electron chi connectivity index (χ1n) is 5.95. The molecule has 0 radical (unpaired) electrons. The van der Waals surface area contributed by atoms with Crippen LogP contribution in [0.4, 0.5) is 5.69 Å². The van der Waals surface area contributed by atoms with E-state index in [0.29, 0.717) is 19.7 Å². The van der Waals surface area contributed by atoms with Gasteiger partial charge in [-0.25, -0.2) is 0 Å². The molecule has 0 unspecified atom stereocenters. The normalized spacial score (nSPS) is 9.84. The number of aryl methyl sites for hydroxylation is 1. The number of nitrogens with one attached hydrogen (secondary N) is 2. The van der Waals surface area contributed by atoms with Crippen LogP contribution in [0.5, 0.6) is 0 Å². The minimum Gasteiger partial charge on any atom is -0.383 e. The first-order valence-corrected chi connectivity index (χ1v) is 6.74. The van der Waals surface area contributed by atoms with Crippen LogP contribution in [0.1, 0.15) is 12.5 Å². The Morgan fingerprint density at radius 2 is 2.16 bits per heavy atom. The molecule has 1 rings (SSSR count). The minimum absolute atomic E-state index is 0. The highest BCUT2D eigenvalue weighted by Gasteiger charge is 2.06. The minimum atomic E-state index is -0.0388. The third-order valence-electron chi connectivity index (χ3n) is 2.49. The van der Waals surface area contributed by atoms with Gasteiger partial charge in [0.2, 0.25) is 5.91 Å². The van der Waals surface area contributed by atoms with Crippen molar-refractivity contribution in [3.8, 4) is 0 Å². The van der Waals surface area contributed by atoms with Gasteiger partial charge in [-0.3, -0.25) is 4.79 Å². The molecule has 4 nitrogen and oxygen atoms in total. The molecule has 1 amide bonds. The Hall–Kier alpha value is -0.620. The lowest BCUT2D eigenvalue weighted by Crippen LogP contribution is -2.30. The number of hydrogen-bond donors (Lipinski definition) is 2. The first-order chi connectivity index (χ1) is 8.67. The van der Waals surface area contributed by atoms with Gasteiger partial charge in [-0.2, -0.15) is 0 Å². The standard InChI is InChI=1S/C13H19BrN2O2.ClH/c1-3-10-8-11(14)4-5-12(10)16-13(17)9-15-6-7-18-2;/h4-5,8,15H,3,6-7,9H2,1-2H3,(H,16,17);1H. The summed E-state index contributed by atoms with van der Waals surface area (Å²) in [6.07, 6.45) is 0.881. The summed E-state index contributed by atoms with van der Waals surface area (Å²) in [6, 6.07) is 5.86. The van der Waals surface area contributed by atoms with Gasteiger partial charge in [0.05, 0.1) is 13.2 Å². The van der Waals surface area contributed by atoms with Crippen molar-refractivity contribution in [3.63, 3.8) is 0 Å². The predicted molar refractivity (Wildman–Crippen MR) is 84.1 cm³/mol. The van der Waals surface area contributed by atoms with E-state index < -0.39 is 0 Å². The topological polar surface area (TPSA) is 50.4 Å². The van der Waals surface area contributed by atoms with Crippen LogP contribution in [0.2, 0.25) is 0 Å². The number of amides is 1. The predicted octanol–water partition coefficient (Wildman–Crippen LogP) is 2.61. The highest BCUT2D eigenvalue weighted by atomic mass is 79.9. The van der Waals surface area contributed by atoms with Crippen molar-refractivity contribution >= 4 is 39.9 Å². The summed E-state index contributed by atoms with van der Waals surface area (Å²) in [5.74, 6) is -0.0388. The molecule has 0 saturated heterocycles. The lowest BCUT2D eigenvalue weighted by Gasteiger charge is -2.10. The van der Waals surface area contributed by atoms with E-state index in [4.69, 9.17) is 4.74 Å². The molecule has 0 heterocycles. The van der Waals surface area contributed by atoms with Gasteiger partial charge in [0, 0.05) is 23.8 Å². The van der Waals surface area contributed by atoms with Gasteiger partial charge < -0.3 is 15.4 Å². The fourth-order valence-corrected chi connectivity index (χ4v) is 1.96. The van der Waals surface area contributed by atoms with Gasteiger partial charge >= 0.3 is 0 Å². The molecule has 0 saturated carbocycles. The van der Waals surface area contributed by atoms with Crippen molar-refractivity contribution < 1.29 is 9.53 Å². The van der Waals surface area contributed by atoms with Gasteiger partial charge in [0.15, 0.2) is 0 Å². The zero-order chi connectivity index (χ0) is 13.4. The SMILES string of the molecule is CCc1cc(Br)ccc1NC(=O)CNCCOC.Cl. The summed E-state index contributed by atoms with van der Waals surface area (Å²) in [5.41, 5.74) is 1.99. The van der Waals surface area contributed by atoms with E-state index in [9.17, 15) is 4.79 Å². The van der Waals surface area contributed by atoms with Crippen LogP contribution in [0, 0.1) is 0 Å². The lowest BCUT2D eigenvalue weighted by molar-refractivity contribution is -0.115. The molecule has 0 aliphatic heterocycles. The fraction of sp³-hybridized carbons (Fsp3) is 0.462. The maximum atomic E-state index is 11.7. The Balaban J connectivity index is 0.00000324. The molecular weight excluding hydrogens is 332 g/mol. The van der Waals surface area contributed by atoms with Crippen molar-refractivity contribution in [2.24, 2.45) is 0 Å². The van der Waals surface area contributed by atoms with Gasteiger partial charge in [0.25, 0.3) is 0 Å². The van der Waals surface area contributed by atoms with Crippen LogP contribution in [-0.4, -0.2) is 32.7 Å². The monoisotopic (exact) mass is 350 g/mol. The molecule has 6 heteroatoms. The summed E-state index contributed by atoms with van der Waals surface area (Å²) < 4.78 is 5.92. The van der Waals surface area contributed by atoms with E-state index in [1.54, 1.807) is 7.11 Å². The number of halogens is 2. The number of carbonyl (C=O) groups is 1. The molecular formula is C13H20BrClN2O2. The van der Waals surface area contributed by atoms with Gasteiger partial charge in [0.1, 0.15) is 0 Å².